The van der Waals surface area contributed by atoms with Gasteiger partial charge in [-0.3, -0.25) is 4.79 Å². The van der Waals surface area contributed by atoms with Crippen molar-refractivity contribution >= 4 is 34.9 Å². The normalized spacial score (nSPS) is 13.3. The van der Waals surface area contributed by atoms with Crippen LogP contribution >= 0.6 is 11.6 Å². The Kier molecular flexibility index (Phi) is 6.85. The van der Waals surface area contributed by atoms with Crippen molar-refractivity contribution in [1.82, 2.24) is 9.47 Å². The summed E-state index contributed by atoms with van der Waals surface area (Å²) in [5, 5.41) is 9.79. The van der Waals surface area contributed by atoms with Crippen molar-refractivity contribution < 1.29 is 19.1 Å². The third kappa shape index (κ3) is 4.61. The van der Waals surface area contributed by atoms with E-state index >= 15 is 0 Å². The van der Waals surface area contributed by atoms with Crippen molar-refractivity contribution in [3.8, 4) is 17.5 Å². The van der Waals surface area contributed by atoms with Gasteiger partial charge in [0.25, 0.3) is 5.91 Å². The summed E-state index contributed by atoms with van der Waals surface area (Å²) in [6, 6.07) is 14.5. The molecule has 9 nitrogen and oxygen atoms in total. The van der Waals surface area contributed by atoms with Crippen LogP contribution in [0.5, 0.6) is 5.75 Å². The fourth-order valence-corrected chi connectivity index (χ4v) is 4.30. The van der Waals surface area contributed by atoms with E-state index in [0.29, 0.717) is 48.2 Å². The summed E-state index contributed by atoms with van der Waals surface area (Å²) in [5.74, 6) is -0.243. The first kappa shape index (κ1) is 24.0. The third-order valence-electron chi connectivity index (χ3n) is 6.00. The summed E-state index contributed by atoms with van der Waals surface area (Å²) in [5.41, 5.74) is 8.47. The quantitative estimate of drug-likeness (QED) is 0.542. The van der Waals surface area contributed by atoms with Crippen LogP contribution in [0.3, 0.4) is 0 Å². The molecule has 35 heavy (non-hydrogen) atoms. The lowest BCUT2D eigenvalue weighted by molar-refractivity contribution is 0.0592. The number of methoxy groups -OCH3 is 2. The summed E-state index contributed by atoms with van der Waals surface area (Å²) in [6.07, 6.45) is 1.52. The number of halogens is 1. The first-order chi connectivity index (χ1) is 16.9. The number of carbonyl (C=O) groups is 2. The first-order valence-corrected chi connectivity index (χ1v) is 11.2. The molecule has 3 aromatic rings. The highest BCUT2D eigenvalue weighted by atomic mass is 35.5. The lowest BCUT2D eigenvalue weighted by Crippen LogP contribution is -2.48. The second-order valence-corrected chi connectivity index (χ2v) is 8.36. The Hall–Kier alpha value is -4.16. The number of ether oxygens (including phenoxy) is 2. The molecule has 180 valence electrons. The number of anilines is 2. The smallest absolute Gasteiger partial charge is 0.357 e. The molecule has 0 radical (unpaired) electrons. The van der Waals surface area contributed by atoms with E-state index in [1.807, 2.05) is 30.3 Å². The van der Waals surface area contributed by atoms with E-state index in [1.165, 1.54) is 20.4 Å². The number of hydrogen-bond acceptors (Lipinski definition) is 7. The van der Waals surface area contributed by atoms with Crippen LogP contribution in [0.1, 0.15) is 26.4 Å². The predicted octanol–water partition coefficient (Wildman–Crippen LogP) is 3.34. The Morgan fingerprint density at radius 1 is 1.03 bits per heavy atom. The zero-order valence-corrected chi connectivity index (χ0v) is 20.1. The lowest BCUT2D eigenvalue weighted by Gasteiger charge is -2.36. The largest absolute Gasteiger partial charge is 0.496 e. The number of nitrogens with two attached hydrogens (primary N) is 1. The Morgan fingerprint density at radius 2 is 1.69 bits per heavy atom. The number of hydrogen-bond donors (Lipinski definition) is 1. The zero-order valence-electron chi connectivity index (χ0n) is 19.3. The van der Waals surface area contributed by atoms with Gasteiger partial charge in [-0.25, -0.2) is 4.79 Å². The average Bonchev–Trinajstić information content (AvgIpc) is 3.24. The minimum absolute atomic E-state index is 0.0838. The van der Waals surface area contributed by atoms with E-state index < -0.39 is 5.97 Å². The molecule has 2 aromatic carbocycles. The molecule has 2 heterocycles. The number of benzene rings is 2. The van der Waals surface area contributed by atoms with Gasteiger partial charge in [-0.15, -0.1) is 0 Å². The van der Waals surface area contributed by atoms with Crippen molar-refractivity contribution in [3.63, 3.8) is 0 Å². The van der Waals surface area contributed by atoms with Crippen LogP contribution in [0.25, 0.3) is 5.69 Å². The Morgan fingerprint density at radius 3 is 2.29 bits per heavy atom. The van der Waals surface area contributed by atoms with Crippen LogP contribution in [0, 0.1) is 11.3 Å². The van der Waals surface area contributed by atoms with Gasteiger partial charge in [0, 0.05) is 48.8 Å². The minimum atomic E-state index is -0.620. The van der Waals surface area contributed by atoms with E-state index in [4.69, 9.17) is 26.8 Å². The van der Waals surface area contributed by atoms with Gasteiger partial charge in [0.1, 0.15) is 11.8 Å². The highest BCUT2D eigenvalue weighted by Crippen LogP contribution is 2.28. The van der Waals surface area contributed by atoms with Gasteiger partial charge < -0.3 is 29.6 Å². The molecule has 4 rings (SSSR count). The van der Waals surface area contributed by atoms with Gasteiger partial charge in [-0.2, -0.15) is 5.26 Å². The maximum absolute atomic E-state index is 13.0. The van der Waals surface area contributed by atoms with Gasteiger partial charge in [-0.1, -0.05) is 11.6 Å². The van der Waals surface area contributed by atoms with Gasteiger partial charge in [-0.05, 0) is 42.5 Å². The Balaban J connectivity index is 1.48. The standard InChI is InChI=1S/C25H24ClN5O4/c1-34-21-8-3-17(26)13-20(21)24(32)30-11-9-29(10-12-30)18-4-6-19(7-5-18)31-15-16(14-27)22(28)23(31)25(33)35-2/h3-8,13,15H,9-12,28H2,1-2H3. The maximum Gasteiger partial charge on any atom is 0.357 e. The number of aromatic nitrogens is 1. The highest BCUT2D eigenvalue weighted by molar-refractivity contribution is 6.31. The fraction of sp³-hybridized carbons (Fsp3) is 0.240. The predicted molar refractivity (Wildman–Crippen MR) is 132 cm³/mol. The maximum atomic E-state index is 13.0. The first-order valence-electron chi connectivity index (χ1n) is 10.8. The van der Waals surface area contributed by atoms with Crippen molar-refractivity contribution in [2.45, 2.75) is 0 Å². The fourth-order valence-electron chi connectivity index (χ4n) is 4.13. The van der Waals surface area contributed by atoms with Crippen LogP contribution in [-0.2, 0) is 4.74 Å². The lowest BCUT2D eigenvalue weighted by atomic mass is 10.1. The van der Waals surface area contributed by atoms with E-state index in [1.54, 1.807) is 27.7 Å². The molecular weight excluding hydrogens is 470 g/mol. The van der Waals surface area contributed by atoms with Crippen LogP contribution in [0.15, 0.2) is 48.7 Å². The summed E-state index contributed by atoms with van der Waals surface area (Å²) in [4.78, 5) is 29.2. The van der Waals surface area contributed by atoms with E-state index in [2.05, 4.69) is 4.90 Å². The molecule has 1 saturated heterocycles. The Bertz CT molecular complexity index is 1300. The van der Waals surface area contributed by atoms with Crippen LogP contribution in [0.2, 0.25) is 5.02 Å². The molecule has 0 bridgehead atoms. The van der Waals surface area contributed by atoms with Gasteiger partial charge in [0.15, 0.2) is 5.69 Å². The Labute approximate surface area is 207 Å². The molecule has 0 saturated carbocycles. The van der Waals surface area contributed by atoms with Crippen molar-refractivity contribution in [3.05, 3.63) is 70.5 Å². The van der Waals surface area contributed by atoms with Gasteiger partial charge >= 0.3 is 5.97 Å². The van der Waals surface area contributed by atoms with Gasteiger partial charge in [0.05, 0.1) is 31.0 Å². The number of nitriles is 1. The van der Waals surface area contributed by atoms with Crippen molar-refractivity contribution in [2.24, 2.45) is 0 Å². The number of nitrogen functional groups attached to an aromatic ring is 1. The van der Waals surface area contributed by atoms with E-state index in [9.17, 15) is 14.9 Å². The SMILES string of the molecule is COC(=O)c1c(N)c(C#N)cn1-c1ccc(N2CCN(C(=O)c3cc(Cl)ccc3OC)CC2)cc1. The number of nitrogens with zero attached hydrogens (tertiary/aromatic N) is 4. The molecule has 1 fully saturated rings. The van der Waals surface area contributed by atoms with E-state index in [0.717, 1.165) is 5.69 Å². The molecule has 0 spiro atoms. The molecule has 1 aromatic heterocycles. The number of carbonyl (C=O) groups excluding carboxylic acids is 2. The molecule has 1 aliphatic heterocycles. The van der Waals surface area contributed by atoms with E-state index in [-0.39, 0.29) is 22.9 Å². The summed E-state index contributed by atoms with van der Waals surface area (Å²) in [7, 11) is 2.79. The molecule has 1 amide bonds. The van der Waals surface area contributed by atoms with Gasteiger partial charge in [0.2, 0.25) is 0 Å². The third-order valence-corrected chi connectivity index (χ3v) is 6.23. The van der Waals surface area contributed by atoms with Crippen LogP contribution < -0.4 is 15.4 Å². The van der Waals surface area contributed by atoms with Crippen LogP contribution in [0.4, 0.5) is 11.4 Å². The van der Waals surface area contributed by atoms with Crippen molar-refractivity contribution in [1.29, 1.82) is 5.26 Å². The molecule has 1 aliphatic rings. The minimum Gasteiger partial charge on any atom is -0.496 e. The topological polar surface area (TPSA) is 114 Å². The zero-order chi connectivity index (χ0) is 25.1. The molecule has 10 heteroatoms. The summed E-state index contributed by atoms with van der Waals surface area (Å²) < 4.78 is 11.7. The molecule has 2 N–H and O–H groups in total. The number of rotatable bonds is 5. The molecular formula is C25H24ClN5O4. The second-order valence-electron chi connectivity index (χ2n) is 7.92. The molecule has 0 unspecified atom stereocenters. The van der Waals surface area contributed by atoms with Crippen molar-refractivity contribution in [2.75, 3.05) is 51.0 Å². The molecule has 0 atom stereocenters. The summed E-state index contributed by atoms with van der Waals surface area (Å²) >= 11 is 6.09. The number of piperazine rings is 1. The van der Waals surface area contributed by atoms with Crippen LogP contribution in [-0.4, -0.2) is 61.7 Å². The average molecular weight is 494 g/mol. The summed E-state index contributed by atoms with van der Waals surface area (Å²) in [6.45, 7) is 2.39. The second kappa shape index (κ2) is 9.99. The highest BCUT2D eigenvalue weighted by Gasteiger charge is 2.25. The monoisotopic (exact) mass is 493 g/mol. The number of amides is 1. The number of esters is 1. The molecule has 0 aliphatic carbocycles.